The third kappa shape index (κ3) is 4.78. The number of hydrogen-bond donors (Lipinski definition) is 0. The van der Waals surface area contributed by atoms with E-state index in [9.17, 15) is 0 Å². The van der Waals surface area contributed by atoms with E-state index in [1.54, 1.807) is 11.3 Å². The summed E-state index contributed by atoms with van der Waals surface area (Å²) in [7, 11) is 0. The van der Waals surface area contributed by atoms with Crippen molar-refractivity contribution >= 4 is 31.5 Å². The lowest BCUT2D eigenvalue weighted by Crippen LogP contribution is -2.00. The summed E-state index contributed by atoms with van der Waals surface area (Å²) in [6.07, 6.45) is 0. The van der Waals surface area contributed by atoms with Crippen molar-refractivity contribution in [2.24, 2.45) is 0 Å². The average molecular weight is 568 g/mol. The smallest absolute Gasteiger partial charge is 0.164 e. The molecule has 8 aromatic rings. The van der Waals surface area contributed by atoms with Crippen molar-refractivity contribution in [3.63, 3.8) is 0 Å². The van der Waals surface area contributed by atoms with Crippen molar-refractivity contribution in [1.29, 1.82) is 0 Å². The Labute approximate surface area is 253 Å². The van der Waals surface area contributed by atoms with E-state index in [0.717, 1.165) is 38.9 Å². The minimum Gasteiger partial charge on any atom is -0.208 e. The standard InChI is InChI=1S/C39H25N3S/c1-3-12-26(13-4-1)28-16-9-18-30(24-28)37-40-38(31-19-10-17-29(25-31)27-14-5-2-6-15-27)42-39(41-37)33-21-11-23-35-36(33)32-20-7-8-22-34(32)43-35/h1-25H. The number of hydrogen-bond acceptors (Lipinski definition) is 4. The van der Waals surface area contributed by atoms with Crippen LogP contribution in [-0.2, 0) is 0 Å². The first kappa shape index (κ1) is 25.3. The molecule has 4 heteroatoms. The van der Waals surface area contributed by atoms with Crippen molar-refractivity contribution in [3.8, 4) is 56.4 Å². The van der Waals surface area contributed by atoms with Gasteiger partial charge in [0.2, 0.25) is 0 Å². The molecule has 0 saturated carbocycles. The van der Waals surface area contributed by atoms with E-state index in [1.165, 1.54) is 20.2 Å². The van der Waals surface area contributed by atoms with Crippen molar-refractivity contribution in [2.75, 3.05) is 0 Å². The summed E-state index contributed by atoms with van der Waals surface area (Å²) in [6, 6.07) is 52.7. The van der Waals surface area contributed by atoms with Gasteiger partial charge in [-0.15, -0.1) is 11.3 Å². The fourth-order valence-electron chi connectivity index (χ4n) is 5.65. The summed E-state index contributed by atoms with van der Waals surface area (Å²) in [5.74, 6) is 1.98. The van der Waals surface area contributed by atoms with E-state index in [-0.39, 0.29) is 0 Å². The first-order chi connectivity index (χ1) is 21.3. The van der Waals surface area contributed by atoms with Gasteiger partial charge in [-0.05, 0) is 46.5 Å². The molecule has 0 spiro atoms. The summed E-state index contributed by atoms with van der Waals surface area (Å²) in [4.78, 5) is 15.3. The zero-order chi connectivity index (χ0) is 28.6. The Hall–Kier alpha value is -5.45. The predicted molar refractivity (Wildman–Crippen MR) is 180 cm³/mol. The molecule has 0 bridgehead atoms. The lowest BCUT2D eigenvalue weighted by molar-refractivity contribution is 1.08. The second-order valence-corrected chi connectivity index (χ2v) is 11.6. The van der Waals surface area contributed by atoms with E-state index >= 15 is 0 Å². The molecular weight excluding hydrogens is 543 g/mol. The van der Waals surface area contributed by atoms with Gasteiger partial charge in [-0.3, -0.25) is 0 Å². The zero-order valence-electron chi connectivity index (χ0n) is 23.2. The van der Waals surface area contributed by atoms with Crippen LogP contribution in [0.5, 0.6) is 0 Å². The minimum absolute atomic E-state index is 0.652. The maximum Gasteiger partial charge on any atom is 0.164 e. The molecule has 0 atom stereocenters. The summed E-state index contributed by atoms with van der Waals surface area (Å²) >= 11 is 1.80. The number of rotatable bonds is 5. The molecule has 2 heterocycles. The normalized spacial score (nSPS) is 11.3. The second-order valence-electron chi connectivity index (χ2n) is 10.5. The van der Waals surface area contributed by atoms with Gasteiger partial charge in [0.05, 0.1) is 0 Å². The van der Waals surface area contributed by atoms with Gasteiger partial charge in [-0.1, -0.05) is 127 Å². The largest absolute Gasteiger partial charge is 0.208 e. The minimum atomic E-state index is 0.652. The van der Waals surface area contributed by atoms with Gasteiger partial charge in [-0.2, -0.15) is 0 Å². The van der Waals surface area contributed by atoms with Gasteiger partial charge >= 0.3 is 0 Å². The van der Waals surface area contributed by atoms with E-state index in [2.05, 4.69) is 140 Å². The molecule has 43 heavy (non-hydrogen) atoms. The topological polar surface area (TPSA) is 38.7 Å². The van der Waals surface area contributed by atoms with E-state index in [4.69, 9.17) is 15.0 Å². The molecule has 3 nitrogen and oxygen atoms in total. The molecule has 2 aromatic heterocycles. The highest BCUT2D eigenvalue weighted by Gasteiger charge is 2.17. The Morgan fingerprint density at radius 1 is 0.349 bits per heavy atom. The molecule has 0 saturated heterocycles. The van der Waals surface area contributed by atoms with Crippen LogP contribution in [0.3, 0.4) is 0 Å². The Bertz CT molecular complexity index is 2140. The predicted octanol–water partition coefficient (Wildman–Crippen LogP) is 10.6. The van der Waals surface area contributed by atoms with Gasteiger partial charge < -0.3 is 0 Å². The number of thiophene rings is 1. The van der Waals surface area contributed by atoms with E-state index < -0.39 is 0 Å². The Morgan fingerprint density at radius 2 is 0.814 bits per heavy atom. The van der Waals surface area contributed by atoms with Crippen LogP contribution >= 0.6 is 11.3 Å². The first-order valence-corrected chi connectivity index (χ1v) is 15.1. The third-order valence-corrected chi connectivity index (χ3v) is 8.87. The van der Waals surface area contributed by atoms with Crippen LogP contribution in [0, 0.1) is 0 Å². The molecular formula is C39H25N3S. The molecule has 0 amide bonds. The van der Waals surface area contributed by atoms with Gasteiger partial charge in [0, 0.05) is 36.9 Å². The molecule has 0 aliphatic carbocycles. The van der Waals surface area contributed by atoms with Gasteiger partial charge in [0.25, 0.3) is 0 Å². The first-order valence-electron chi connectivity index (χ1n) is 14.3. The van der Waals surface area contributed by atoms with Crippen molar-refractivity contribution < 1.29 is 0 Å². The highest BCUT2D eigenvalue weighted by Crippen LogP contribution is 2.40. The van der Waals surface area contributed by atoms with Crippen LogP contribution in [0.15, 0.2) is 152 Å². The number of fused-ring (bicyclic) bond motifs is 3. The third-order valence-electron chi connectivity index (χ3n) is 7.73. The highest BCUT2D eigenvalue weighted by atomic mass is 32.1. The molecule has 0 fully saturated rings. The van der Waals surface area contributed by atoms with Crippen LogP contribution < -0.4 is 0 Å². The van der Waals surface area contributed by atoms with E-state index in [1.807, 2.05) is 12.1 Å². The van der Waals surface area contributed by atoms with Gasteiger partial charge in [0.1, 0.15) is 0 Å². The lowest BCUT2D eigenvalue weighted by Gasteiger charge is -2.11. The fourth-order valence-corrected chi connectivity index (χ4v) is 6.78. The molecule has 0 aliphatic heterocycles. The molecule has 0 N–H and O–H groups in total. The Balaban J connectivity index is 1.35. The molecule has 0 aliphatic rings. The molecule has 6 aromatic carbocycles. The Kier molecular flexibility index (Phi) is 6.32. The second kappa shape index (κ2) is 10.8. The van der Waals surface area contributed by atoms with Crippen LogP contribution in [0.2, 0.25) is 0 Å². The fraction of sp³-hybridized carbons (Fsp3) is 0. The SMILES string of the molecule is c1ccc(-c2cccc(-c3nc(-c4cccc(-c5ccccc5)c4)nc(-c4cccc5sc6ccccc6c45)n3)c2)cc1. The molecule has 8 rings (SSSR count). The summed E-state index contributed by atoms with van der Waals surface area (Å²) in [5, 5.41) is 2.40. The summed E-state index contributed by atoms with van der Waals surface area (Å²) < 4.78 is 2.48. The summed E-state index contributed by atoms with van der Waals surface area (Å²) in [5.41, 5.74) is 7.48. The number of aromatic nitrogens is 3. The highest BCUT2D eigenvalue weighted by molar-refractivity contribution is 7.25. The van der Waals surface area contributed by atoms with Crippen molar-refractivity contribution in [3.05, 3.63) is 152 Å². The van der Waals surface area contributed by atoms with Crippen molar-refractivity contribution in [2.45, 2.75) is 0 Å². The number of nitrogens with zero attached hydrogens (tertiary/aromatic N) is 3. The quantitative estimate of drug-likeness (QED) is 0.208. The van der Waals surface area contributed by atoms with Crippen LogP contribution in [0.1, 0.15) is 0 Å². The number of benzene rings is 6. The molecule has 202 valence electrons. The Morgan fingerprint density at radius 3 is 1.44 bits per heavy atom. The van der Waals surface area contributed by atoms with Crippen LogP contribution in [0.4, 0.5) is 0 Å². The molecule has 0 unspecified atom stereocenters. The molecule has 0 radical (unpaired) electrons. The maximum atomic E-state index is 5.13. The van der Waals surface area contributed by atoms with Crippen molar-refractivity contribution in [1.82, 2.24) is 15.0 Å². The maximum absolute atomic E-state index is 5.13. The van der Waals surface area contributed by atoms with Gasteiger partial charge in [-0.25, -0.2) is 15.0 Å². The lowest BCUT2D eigenvalue weighted by atomic mass is 10.0. The van der Waals surface area contributed by atoms with Crippen LogP contribution in [0.25, 0.3) is 76.6 Å². The summed E-state index contributed by atoms with van der Waals surface area (Å²) in [6.45, 7) is 0. The van der Waals surface area contributed by atoms with E-state index in [0.29, 0.717) is 17.5 Å². The van der Waals surface area contributed by atoms with Gasteiger partial charge in [0.15, 0.2) is 17.5 Å². The van der Waals surface area contributed by atoms with Crippen LogP contribution in [-0.4, -0.2) is 15.0 Å². The average Bonchev–Trinajstić information content (AvgIpc) is 3.48. The monoisotopic (exact) mass is 567 g/mol. The zero-order valence-corrected chi connectivity index (χ0v) is 24.0.